The highest BCUT2D eigenvalue weighted by Gasteiger charge is 2.80. The van der Waals surface area contributed by atoms with E-state index in [0.717, 1.165) is 0 Å². The lowest BCUT2D eigenvalue weighted by atomic mass is 9.37. The number of aliphatic hydroxyl groups is 1. The molecule has 0 aromatic rings. The van der Waals surface area contributed by atoms with Crippen LogP contribution in [0.25, 0.3) is 0 Å². The summed E-state index contributed by atoms with van der Waals surface area (Å²) in [5.74, 6) is -4.75. The third-order valence-electron chi connectivity index (χ3n) is 10.2. The Morgan fingerprint density at radius 1 is 0.756 bits per heavy atom. The Labute approximate surface area is 240 Å². The number of esters is 5. The molecular weight excluding hydrogens is 536 g/mol. The number of fused-ring (bicyclic) bond motifs is 3. The van der Waals surface area contributed by atoms with Crippen molar-refractivity contribution < 1.29 is 52.8 Å². The van der Waals surface area contributed by atoms with Gasteiger partial charge in [0.05, 0.1) is 11.5 Å². The second-order valence-electron chi connectivity index (χ2n) is 13.1. The third kappa shape index (κ3) is 4.73. The molecule has 0 heterocycles. The van der Waals surface area contributed by atoms with Gasteiger partial charge in [0, 0.05) is 58.3 Å². The summed E-state index contributed by atoms with van der Waals surface area (Å²) in [6, 6.07) is 0. The van der Waals surface area contributed by atoms with Crippen molar-refractivity contribution in [2.75, 3.05) is 0 Å². The summed E-state index contributed by atoms with van der Waals surface area (Å²) in [6.45, 7) is 16.1. The van der Waals surface area contributed by atoms with Crippen LogP contribution in [0.2, 0.25) is 0 Å². The molecule has 11 heteroatoms. The van der Waals surface area contributed by atoms with E-state index in [1.54, 1.807) is 0 Å². The van der Waals surface area contributed by atoms with Crippen molar-refractivity contribution >= 4 is 29.8 Å². The van der Waals surface area contributed by atoms with E-state index in [2.05, 4.69) is 6.58 Å². The van der Waals surface area contributed by atoms with Gasteiger partial charge >= 0.3 is 29.8 Å². The first-order valence-corrected chi connectivity index (χ1v) is 14.1. The van der Waals surface area contributed by atoms with E-state index in [1.165, 1.54) is 34.6 Å². The summed E-state index contributed by atoms with van der Waals surface area (Å²) in [6.07, 6.45) is -5.23. The lowest BCUT2D eigenvalue weighted by molar-refractivity contribution is -0.325. The zero-order chi connectivity index (χ0) is 30.8. The van der Waals surface area contributed by atoms with Crippen LogP contribution in [-0.2, 0) is 47.7 Å². The SMILES string of the molecule is C=C1C2CC(OC(C)=O)C3C4(C)C(OC(C)=O)CC(O)C(C)(C)C4C(OC(C)=O)C(OC(C)=O)C3(C2)C1OC(C)=O. The van der Waals surface area contributed by atoms with Crippen molar-refractivity contribution in [2.45, 2.75) is 111 Å². The maximum absolute atomic E-state index is 12.7. The molecule has 4 aliphatic rings. The van der Waals surface area contributed by atoms with Crippen LogP contribution in [0.5, 0.6) is 0 Å². The van der Waals surface area contributed by atoms with E-state index in [0.29, 0.717) is 18.4 Å². The topological polar surface area (TPSA) is 152 Å². The highest BCUT2D eigenvalue weighted by molar-refractivity contribution is 5.69. The van der Waals surface area contributed by atoms with E-state index in [9.17, 15) is 29.1 Å². The Hall–Kier alpha value is -2.95. The fourth-order valence-corrected chi connectivity index (χ4v) is 9.29. The van der Waals surface area contributed by atoms with Gasteiger partial charge in [0.1, 0.15) is 30.5 Å². The molecule has 4 fully saturated rings. The van der Waals surface area contributed by atoms with Crippen LogP contribution >= 0.6 is 0 Å². The molecule has 11 nitrogen and oxygen atoms in total. The Balaban J connectivity index is 2.13. The number of ether oxygens (including phenoxy) is 5. The minimum atomic E-state index is -1.26. The van der Waals surface area contributed by atoms with E-state index < -0.39 is 94.6 Å². The van der Waals surface area contributed by atoms with Crippen LogP contribution in [0.4, 0.5) is 0 Å². The molecule has 4 saturated carbocycles. The van der Waals surface area contributed by atoms with Gasteiger partial charge in [-0.05, 0) is 29.7 Å². The number of rotatable bonds is 5. The minimum Gasteiger partial charge on any atom is -0.462 e. The molecule has 4 aliphatic carbocycles. The second-order valence-corrected chi connectivity index (χ2v) is 13.1. The van der Waals surface area contributed by atoms with Crippen LogP contribution in [0.1, 0.15) is 74.7 Å². The predicted molar refractivity (Wildman–Crippen MR) is 142 cm³/mol. The molecule has 0 aromatic carbocycles. The lowest BCUT2D eigenvalue weighted by Crippen LogP contribution is -2.77. The summed E-state index contributed by atoms with van der Waals surface area (Å²) < 4.78 is 30.0. The van der Waals surface area contributed by atoms with Crippen LogP contribution in [0.15, 0.2) is 12.2 Å². The largest absolute Gasteiger partial charge is 0.462 e. The summed E-state index contributed by atoms with van der Waals surface area (Å²) in [5, 5.41) is 11.4. The Morgan fingerprint density at radius 3 is 1.80 bits per heavy atom. The van der Waals surface area contributed by atoms with Crippen LogP contribution in [0.3, 0.4) is 0 Å². The molecule has 2 bridgehead atoms. The Morgan fingerprint density at radius 2 is 1.29 bits per heavy atom. The summed E-state index contributed by atoms with van der Waals surface area (Å²) >= 11 is 0. The maximum Gasteiger partial charge on any atom is 0.303 e. The number of aliphatic hydroxyl groups excluding tert-OH is 1. The van der Waals surface area contributed by atoms with Gasteiger partial charge < -0.3 is 28.8 Å². The molecule has 11 atom stereocenters. The second kappa shape index (κ2) is 10.4. The number of carbonyl (C=O) groups is 5. The molecule has 1 N–H and O–H groups in total. The van der Waals surface area contributed by atoms with Gasteiger partial charge in [-0.2, -0.15) is 0 Å². The number of hydrogen-bond donors (Lipinski definition) is 1. The first-order valence-electron chi connectivity index (χ1n) is 14.1. The van der Waals surface area contributed by atoms with Gasteiger partial charge in [-0.15, -0.1) is 0 Å². The van der Waals surface area contributed by atoms with Crippen LogP contribution in [0, 0.1) is 34.0 Å². The van der Waals surface area contributed by atoms with Crippen molar-refractivity contribution in [1.82, 2.24) is 0 Å². The normalized spacial score (nSPS) is 42.2. The van der Waals surface area contributed by atoms with Gasteiger partial charge in [-0.1, -0.05) is 27.4 Å². The first-order chi connectivity index (χ1) is 18.9. The van der Waals surface area contributed by atoms with E-state index in [-0.39, 0.29) is 12.3 Å². The molecule has 0 aliphatic heterocycles. The van der Waals surface area contributed by atoms with E-state index >= 15 is 0 Å². The monoisotopic (exact) mass is 578 g/mol. The quantitative estimate of drug-likeness (QED) is 0.291. The van der Waals surface area contributed by atoms with Crippen molar-refractivity contribution in [3.8, 4) is 0 Å². The zero-order valence-corrected chi connectivity index (χ0v) is 25.1. The van der Waals surface area contributed by atoms with Crippen LogP contribution < -0.4 is 0 Å². The van der Waals surface area contributed by atoms with Gasteiger partial charge in [0.2, 0.25) is 0 Å². The highest BCUT2D eigenvalue weighted by Crippen LogP contribution is 2.74. The molecule has 41 heavy (non-hydrogen) atoms. The van der Waals surface area contributed by atoms with Crippen LogP contribution in [-0.4, -0.2) is 71.6 Å². The molecular formula is C30H42O11. The first kappa shape index (κ1) is 31.0. The molecule has 0 saturated heterocycles. The van der Waals surface area contributed by atoms with Gasteiger partial charge in [-0.3, -0.25) is 24.0 Å². The fourth-order valence-electron chi connectivity index (χ4n) is 9.29. The standard InChI is InChI=1S/C30H42O11/c1-13-19-10-20(37-14(2)31)24-29(9)22(38-15(3)32)11-21(36)28(7,8)25(29)23(39-16(4)33)27(41-18(6)35)30(24,12-19)26(13)40-17(5)34/h19-27,36H,1,10-12H2,2-9H3. The molecule has 0 aromatic heterocycles. The summed E-state index contributed by atoms with van der Waals surface area (Å²) in [4.78, 5) is 63.0. The van der Waals surface area contributed by atoms with Gasteiger partial charge in [0.25, 0.3) is 0 Å². The molecule has 0 radical (unpaired) electrons. The van der Waals surface area contributed by atoms with Gasteiger partial charge in [-0.25, -0.2) is 0 Å². The van der Waals surface area contributed by atoms with Crippen molar-refractivity contribution in [1.29, 1.82) is 0 Å². The minimum absolute atomic E-state index is 0.0621. The number of carbonyl (C=O) groups excluding carboxylic acids is 5. The molecule has 1 spiro atoms. The van der Waals surface area contributed by atoms with Gasteiger partial charge in [0.15, 0.2) is 0 Å². The highest BCUT2D eigenvalue weighted by atomic mass is 16.6. The molecule has 228 valence electrons. The Bertz CT molecular complexity index is 1160. The summed E-state index contributed by atoms with van der Waals surface area (Å²) in [7, 11) is 0. The third-order valence-corrected chi connectivity index (χ3v) is 10.2. The van der Waals surface area contributed by atoms with Crippen molar-refractivity contribution in [2.24, 2.45) is 34.0 Å². The zero-order valence-electron chi connectivity index (χ0n) is 25.1. The number of hydrogen-bond acceptors (Lipinski definition) is 11. The lowest BCUT2D eigenvalue weighted by Gasteiger charge is -2.70. The molecule has 4 rings (SSSR count). The van der Waals surface area contributed by atoms with Crippen molar-refractivity contribution in [3.05, 3.63) is 12.2 Å². The maximum atomic E-state index is 12.7. The average molecular weight is 579 g/mol. The van der Waals surface area contributed by atoms with E-state index in [1.807, 2.05) is 20.8 Å². The fraction of sp³-hybridized carbons (Fsp3) is 0.767. The molecule has 0 amide bonds. The van der Waals surface area contributed by atoms with Crippen molar-refractivity contribution in [3.63, 3.8) is 0 Å². The smallest absolute Gasteiger partial charge is 0.303 e. The summed E-state index contributed by atoms with van der Waals surface area (Å²) in [5.41, 5.74) is -2.77. The molecule has 11 unspecified atom stereocenters. The Kier molecular flexibility index (Phi) is 7.86. The predicted octanol–water partition coefficient (Wildman–Crippen LogP) is 2.65. The average Bonchev–Trinajstić information content (AvgIpc) is 3.00. The van der Waals surface area contributed by atoms with E-state index in [4.69, 9.17) is 23.7 Å².